The van der Waals surface area contributed by atoms with Crippen LogP contribution in [0.3, 0.4) is 0 Å². The first-order chi connectivity index (χ1) is 7.17. The molecule has 0 unspecified atom stereocenters. The highest BCUT2D eigenvalue weighted by Crippen LogP contribution is 2.21. The van der Waals surface area contributed by atoms with Gasteiger partial charge < -0.3 is 9.47 Å². The van der Waals surface area contributed by atoms with Crippen LogP contribution in [-0.4, -0.2) is 13.2 Å². The quantitative estimate of drug-likeness (QED) is 0.698. The first-order valence-corrected chi connectivity index (χ1v) is 5.17. The van der Waals surface area contributed by atoms with Gasteiger partial charge in [0.05, 0.1) is 0 Å². The van der Waals surface area contributed by atoms with Crippen molar-refractivity contribution in [1.29, 1.82) is 0 Å². The number of hydrogen-bond acceptors (Lipinski definition) is 2. The summed E-state index contributed by atoms with van der Waals surface area (Å²) in [5, 5.41) is 0. The molecule has 0 bridgehead atoms. The van der Waals surface area contributed by atoms with Crippen LogP contribution in [0.2, 0.25) is 0 Å². The van der Waals surface area contributed by atoms with Crippen LogP contribution in [0.1, 0.15) is 31.3 Å². The van der Waals surface area contributed by atoms with Crippen molar-refractivity contribution in [3.8, 4) is 0 Å². The molecule has 0 saturated heterocycles. The first kappa shape index (κ1) is 12.1. The number of hydrogen-bond donors (Lipinski definition) is 0. The van der Waals surface area contributed by atoms with Crippen LogP contribution in [0.25, 0.3) is 0 Å². The Hall–Kier alpha value is -0.930. The lowest BCUT2D eigenvalue weighted by atomic mass is 10.1. The van der Waals surface area contributed by atoms with Crippen LogP contribution in [0.4, 0.5) is 4.39 Å². The van der Waals surface area contributed by atoms with E-state index in [0.717, 1.165) is 11.1 Å². The summed E-state index contributed by atoms with van der Waals surface area (Å²) in [6.07, 6.45) is -0.464. The van der Waals surface area contributed by atoms with Gasteiger partial charge in [0, 0.05) is 18.8 Å². The van der Waals surface area contributed by atoms with Gasteiger partial charge in [0.2, 0.25) is 0 Å². The molecule has 0 amide bonds. The molecule has 0 fully saturated rings. The average Bonchev–Trinajstić information content (AvgIpc) is 2.16. The Morgan fingerprint density at radius 2 is 1.73 bits per heavy atom. The highest BCUT2D eigenvalue weighted by molar-refractivity contribution is 5.24. The molecule has 0 atom stereocenters. The van der Waals surface area contributed by atoms with Gasteiger partial charge in [-0.15, -0.1) is 0 Å². The number of benzene rings is 1. The van der Waals surface area contributed by atoms with E-state index in [2.05, 4.69) is 0 Å². The minimum absolute atomic E-state index is 0.255. The van der Waals surface area contributed by atoms with Crippen LogP contribution in [0, 0.1) is 12.7 Å². The predicted molar refractivity (Wildman–Crippen MR) is 57.1 cm³/mol. The topological polar surface area (TPSA) is 18.5 Å². The van der Waals surface area contributed by atoms with Crippen molar-refractivity contribution in [2.24, 2.45) is 0 Å². The summed E-state index contributed by atoms with van der Waals surface area (Å²) >= 11 is 0. The van der Waals surface area contributed by atoms with Crippen LogP contribution < -0.4 is 0 Å². The van der Waals surface area contributed by atoms with Crippen molar-refractivity contribution < 1.29 is 13.9 Å². The third kappa shape index (κ3) is 3.61. The van der Waals surface area contributed by atoms with E-state index in [-0.39, 0.29) is 5.82 Å². The Morgan fingerprint density at radius 1 is 1.13 bits per heavy atom. The van der Waals surface area contributed by atoms with Gasteiger partial charge in [-0.05, 0) is 38.5 Å². The highest BCUT2D eigenvalue weighted by atomic mass is 19.1. The van der Waals surface area contributed by atoms with E-state index in [0.29, 0.717) is 13.2 Å². The summed E-state index contributed by atoms with van der Waals surface area (Å²) in [5.74, 6) is -0.255. The number of rotatable bonds is 5. The van der Waals surface area contributed by atoms with Gasteiger partial charge in [0.25, 0.3) is 0 Å². The fourth-order valence-electron chi connectivity index (χ4n) is 1.44. The zero-order chi connectivity index (χ0) is 11.3. The van der Waals surface area contributed by atoms with Crippen LogP contribution >= 0.6 is 0 Å². The van der Waals surface area contributed by atoms with Crippen molar-refractivity contribution in [2.75, 3.05) is 13.2 Å². The van der Waals surface area contributed by atoms with Gasteiger partial charge in [0.15, 0.2) is 6.29 Å². The lowest BCUT2D eigenvalue weighted by Gasteiger charge is -2.17. The van der Waals surface area contributed by atoms with Crippen LogP contribution in [-0.2, 0) is 9.47 Å². The maximum absolute atomic E-state index is 13.2. The maximum Gasteiger partial charge on any atom is 0.183 e. The third-order valence-corrected chi connectivity index (χ3v) is 1.97. The van der Waals surface area contributed by atoms with Gasteiger partial charge in [0.1, 0.15) is 5.82 Å². The van der Waals surface area contributed by atoms with Crippen LogP contribution in [0.5, 0.6) is 0 Å². The average molecular weight is 212 g/mol. The SMILES string of the molecule is CCOC(OCC)c1cc(C)cc(F)c1. The Labute approximate surface area is 90.0 Å². The van der Waals surface area contributed by atoms with E-state index >= 15 is 0 Å². The largest absolute Gasteiger partial charge is 0.349 e. The molecule has 0 aliphatic rings. The molecule has 0 radical (unpaired) electrons. The summed E-state index contributed by atoms with van der Waals surface area (Å²) in [4.78, 5) is 0. The Bertz CT molecular complexity index is 286. The molecule has 2 nitrogen and oxygen atoms in total. The van der Waals surface area contributed by atoms with E-state index in [9.17, 15) is 4.39 Å². The molecular formula is C12H17FO2. The molecule has 0 N–H and O–H groups in total. The molecule has 1 rings (SSSR count). The van der Waals surface area contributed by atoms with E-state index in [4.69, 9.17) is 9.47 Å². The highest BCUT2D eigenvalue weighted by Gasteiger charge is 2.12. The van der Waals surface area contributed by atoms with Gasteiger partial charge in [-0.3, -0.25) is 0 Å². The molecular weight excluding hydrogens is 195 g/mol. The molecule has 0 saturated carbocycles. The summed E-state index contributed by atoms with van der Waals surface area (Å²) in [6, 6.07) is 4.81. The minimum atomic E-state index is -0.464. The van der Waals surface area contributed by atoms with Crippen molar-refractivity contribution in [3.05, 3.63) is 35.1 Å². The van der Waals surface area contributed by atoms with Gasteiger partial charge in [-0.25, -0.2) is 4.39 Å². The van der Waals surface area contributed by atoms with Gasteiger partial charge >= 0.3 is 0 Å². The second kappa shape index (κ2) is 5.83. The second-order valence-electron chi connectivity index (χ2n) is 3.30. The van der Waals surface area contributed by atoms with Crippen molar-refractivity contribution in [3.63, 3.8) is 0 Å². The fraction of sp³-hybridized carbons (Fsp3) is 0.500. The summed E-state index contributed by atoms with van der Waals surface area (Å²) in [6.45, 7) is 6.71. The standard InChI is InChI=1S/C12H17FO2/c1-4-14-12(15-5-2)10-6-9(3)7-11(13)8-10/h6-8,12H,4-5H2,1-3H3. The van der Waals surface area contributed by atoms with E-state index < -0.39 is 6.29 Å². The molecule has 0 aromatic heterocycles. The summed E-state index contributed by atoms with van der Waals surface area (Å²) < 4.78 is 23.9. The zero-order valence-corrected chi connectivity index (χ0v) is 9.42. The molecule has 0 aliphatic heterocycles. The molecule has 0 heterocycles. The molecule has 3 heteroatoms. The van der Waals surface area contributed by atoms with E-state index in [1.165, 1.54) is 12.1 Å². The van der Waals surface area contributed by atoms with Crippen molar-refractivity contribution in [1.82, 2.24) is 0 Å². The van der Waals surface area contributed by atoms with Crippen LogP contribution in [0.15, 0.2) is 18.2 Å². The normalized spacial score (nSPS) is 11.0. The van der Waals surface area contributed by atoms with Gasteiger partial charge in [-0.2, -0.15) is 0 Å². The molecule has 0 aliphatic carbocycles. The predicted octanol–water partition coefficient (Wildman–Crippen LogP) is 3.21. The molecule has 84 valence electrons. The van der Waals surface area contributed by atoms with Gasteiger partial charge in [-0.1, -0.05) is 6.07 Å². The Balaban J connectivity index is 2.88. The summed E-state index contributed by atoms with van der Waals surface area (Å²) in [7, 11) is 0. The third-order valence-electron chi connectivity index (χ3n) is 1.97. The monoisotopic (exact) mass is 212 g/mol. The molecule has 15 heavy (non-hydrogen) atoms. The molecule has 0 spiro atoms. The van der Waals surface area contributed by atoms with Crippen molar-refractivity contribution >= 4 is 0 Å². The lowest BCUT2D eigenvalue weighted by Crippen LogP contribution is -2.09. The number of ether oxygens (including phenoxy) is 2. The smallest absolute Gasteiger partial charge is 0.183 e. The second-order valence-corrected chi connectivity index (χ2v) is 3.30. The number of aryl methyl sites for hydroxylation is 1. The Morgan fingerprint density at radius 3 is 2.20 bits per heavy atom. The fourth-order valence-corrected chi connectivity index (χ4v) is 1.44. The molecule has 1 aromatic carbocycles. The minimum Gasteiger partial charge on any atom is -0.349 e. The van der Waals surface area contributed by atoms with Crippen molar-refractivity contribution in [2.45, 2.75) is 27.1 Å². The molecule has 1 aromatic rings. The maximum atomic E-state index is 13.2. The van der Waals surface area contributed by atoms with E-state index in [1.54, 1.807) is 0 Å². The van der Waals surface area contributed by atoms with E-state index in [1.807, 2.05) is 26.8 Å². The number of halogens is 1. The Kier molecular flexibility index (Phi) is 4.72. The first-order valence-electron chi connectivity index (χ1n) is 5.17. The lowest BCUT2D eigenvalue weighted by molar-refractivity contribution is -0.140. The summed E-state index contributed by atoms with van der Waals surface area (Å²) in [5.41, 5.74) is 1.60. The zero-order valence-electron chi connectivity index (χ0n) is 9.42.